The number of rotatable bonds is 6. The van der Waals surface area contributed by atoms with E-state index in [0.29, 0.717) is 22.7 Å². The van der Waals surface area contributed by atoms with Gasteiger partial charge in [-0.05, 0) is 105 Å². The third-order valence-corrected chi connectivity index (χ3v) is 6.48. The monoisotopic (exact) mass is 650 g/mol. The van der Waals surface area contributed by atoms with Crippen LogP contribution in [0.15, 0.2) is 41.3 Å². The number of halogens is 2. The Morgan fingerprint density at radius 2 is 1.83 bits per heavy atom. The Morgan fingerprint density at radius 1 is 1.13 bits per heavy atom. The number of ether oxygens (including phenoxy) is 2. The van der Waals surface area contributed by atoms with Crippen molar-refractivity contribution in [3.05, 3.63) is 54.0 Å². The number of thioether (sulfide) groups is 1. The molecule has 10 heteroatoms. The van der Waals surface area contributed by atoms with Gasteiger partial charge in [-0.1, -0.05) is 0 Å². The molecule has 156 valence electrons. The lowest BCUT2D eigenvalue weighted by atomic mass is 10.2. The highest BCUT2D eigenvalue weighted by Crippen LogP contribution is 2.37. The molecule has 3 amide bonds. The molecule has 0 spiro atoms. The maximum absolute atomic E-state index is 12.7. The van der Waals surface area contributed by atoms with Crippen molar-refractivity contribution in [3.8, 4) is 11.5 Å². The van der Waals surface area contributed by atoms with E-state index in [0.717, 1.165) is 23.8 Å². The average molecular weight is 650 g/mol. The molecule has 1 N–H and O–H groups in total. The third-order valence-electron chi connectivity index (χ3n) is 4.06. The van der Waals surface area contributed by atoms with Crippen LogP contribution < -0.4 is 14.8 Å². The number of nitrogens with zero attached hydrogens (tertiary/aromatic N) is 1. The molecule has 0 atom stereocenters. The minimum absolute atomic E-state index is 0.241. The lowest BCUT2D eigenvalue weighted by molar-refractivity contribution is -0.127. The fraction of sp³-hybridized carbons (Fsp3) is 0.150. The van der Waals surface area contributed by atoms with E-state index in [-0.39, 0.29) is 11.4 Å². The summed E-state index contributed by atoms with van der Waals surface area (Å²) in [6.07, 6.45) is 1.60. The zero-order chi connectivity index (χ0) is 21.8. The smallest absolute Gasteiger partial charge is 0.294 e. The molecule has 0 bridgehead atoms. The summed E-state index contributed by atoms with van der Waals surface area (Å²) < 4.78 is 12.5. The summed E-state index contributed by atoms with van der Waals surface area (Å²) in [5, 5.41) is 2.20. The molecule has 7 nitrogen and oxygen atoms in total. The number of amides is 3. The molecule has 1 fully saturated rings. The predicted molar refractivity (Wildman–Crippen MR) is 133 cm³/mol. The first kappa shape index (κ1) is 22.9. The Kier molecular flexibility index (Phi) is 7.63. The minimum Gasteiger partial charge on any atom is -0.493 e. The van der Waals surface area contributed by atoms with Crippen molar-refractivity contribution >= 4 is 85.8 Å². The summed E-state index contributed by atoms with van der Waals surface area (Å²) in [4.78, 5) is 38.5. The molecule has 1 aliphatic heterocycles. The van der Waals surface area contributed by atoms with Gasteiger partial charge in [0.25, 0.3) is 11.1 Å². The second kappa shape index (κ2) is 10.0. The Bertz CT molecular complexity index is 1040. The number of benzene rings is 2. The molecule has 2 aromatic carbocycles. The summed E-state index contributed by atoms with van der Waals surface area (Å²) in [6.45, 7) is -0.350. The highest BCUT2D eigenvalue weighted by atomic mass is 127. The first-order valence-corrected chi connectivity index (χ1v) is 11.5. The summed E-state index contributed by atoms with van der Waals surface area (Å²) in [6, 6.07) is 10.8. The van der Waals surface area contributed by atoms with Crippen LogP contribution in [-0.2, 0) is 9.59 Å². The van der Waals surface area contributed by atoms with E-state index < -0.39 is 17.1 Å². The molecule has 2 aromatic rings. The molecule has 0 aromatic heterocycles. The van der Waals surface area contributed by atoms with Crippen LogP contribution in [0, 0.1) is 7.14 Å². The molecule has 30 heavy (non-hydrogen) atoms. The number of nitrogens with one attached hydrogen (secondary N) is 1. The molecule has 0 radical (unpaired) electrons. The van der Waals surface area contributed by atoms with Crippen molar-refractivity contribution in [2.45, 2.75) is 0 Å². The van der Waals surface area contributed by atoms with Crippen molar-refractivity contribution in [1.82, 2.24) is 4.90 Å². The van der Waals surface area contributed by atoms with Crippen LogP contribution in [0.25, 0.3) is 6.08 Å². The fourth-order valence-electron chi connectivity index (χ4n) is 2.69. The normalized spacial score (nSPS) is 14.9. The van der Waals surface area contributed by atoms with Gasteiger partial charge in [-0.3, -0.25) is 19.3 Å². The molecule has 0 aliphatic carbocycles. The van der Waals surface area contributed by atoms with Gasteiger partial charge in [0.1, 0.15) is 6.54 Å². The quantitative estimate of drug-likeness (QED) is 0.364. The van der Waals surface area contributed by atoms with Crippen molar-refractivity contribution < 1.29 is 23.9 Å². The van der Waals surface area contributed by atoms with E-state index >= 15 is 0 Å². The maximum Gasteiger partial charge on any atom is 0.294 e. The Hall–Kier alpha value is -1.80. The van der Waals surface area contributed by atoms with Crippen molar-refractivity contribution in [1.29, 1.82) is 0 Å². The molecule has 0 unspecified atom stereocenters. The van der Waals surface area contributed by atoms with Crippen molar-refractivity contribution in [2.75, 3.05) is 26.1 Å². The largest absolute Gasteiger partial charge is 0.493 e. The zero-order valence-electron chi connectivity index (χ0n) is 15.9. The van der Waals surface area contributed by atoms with Gasteiger partial charge in [0, 0.05) is 9.26 Å². The molecule has 3 rings (SSSR count). The first-order valence-electron chi connectivity index (χ1n) is 8.54. The van der Waals surface area contributed by atoms with E-state index in [9.17, 15) is 14.4 Å². The summed E-state index contributed by atoms with van der Waals surface area (Å²) in [5.74, 6) is 0.162. The lowest BCUT2D eigenvalue weighted by Crippen LogP contribution is -2.36. The number of hydrogen-bond donors (Lipinski definition) is 1. The van der Waals surface area contributed by atoms with E-state index in [4.69, 9.17) is 9.47 Å². The molecular formula is C20H16I2N2O5S. The number of hydrogen-bond acceptors (Lipinski definition) is 6. The van der Waals surface area contributed by atoms with Gasteiger partial charge in [0.2, 0.25) is 5.91 Å². The van der Waals surface area contributed by atoms with Gasteiger partial charge >= 0.3 is 0 Å². The van der Waals surface area contributed by atoms with Gasteiger partial charge in [-0.15, -0.1) is 0 Å². The Balaban J connectivity index is 1.75. The number of imide groups is 1. The van der Waals surface area contributed by atoms with Crippen LogP contribution in [0.3, 0.4) is 0 Å². The van der Waals surface area contributed by atoms with Gasteiger partial charge in [0.05, 0.1) is 22.7 Å². The van der Waals surface area contributed by atoms with Crippen LogP contribution in [0.4, 0.5) is 10.5 Å². The number of methoxy groups -OCH3 is 2. The number of carbonyl (C=O) groups excluding carboxylic acids is 3. The molecule has 1 heterocycles. The van der Waals surface area contributed by atoms with E-state index in [2.05, 4.69) is 50.5 Å². The van der Waals surface area contributed by atoms with Gasteiger partial charge in [-0.2, -0.15) is 0 Å². The standard InChI is InChI=1S/C20H16I2N2O5S/c1-28-15-8-11(7-14(22)18(15)29-2)9-16-19(26)24(20(27)30-16)10-17(25)23-13-5-3-12(21)4-6-13/h3-9H,10H2,1-2H3,(H,23,25)/b16-9+. The molecule has 1 saturated heterocycles. The van der Waals surface area contributed by atoms with E-state index in [1.807, 2.05) is 18.2 Å². The maximum atomic E-state index is 12.7. The summed E-state index contributed by atoms with van der Waals surface area (Å²) in [5.41, 5.74) is 1.29. The van der Waals surface area contributed by atoms with Crippen LogP contribution in [-0.4, -0.2) is 42.7 Å². The van der Waals surface area contributed by atoms with Crippen molar-refractivity contribution in [3.63, 3.8) is 0 Å². The molecular weight excluding hydrogens is 634 g/mol. The summed E-state index contributed by atoms with van der Waals surface area (Å²) >= 11 is 5.07. The Labute approximate surface area is 204 Å². The fourth-order valence-corrected chi connectivity index (χ4v) is 4.73. The Morgan fingerprint density at radius 3 is 2.47 bits per heavy atom. The number of anilines is 1. The third kappa shape index (κ3) is 5.27. The van der Waals surface area contributed by atoms with Crippen LogP contribution >= 0.6 is 56.9 Å². The van der Waals surface area contributed by atoms with E-state index in [1.54, 1.807) is 31.4 Å². The zero-order valence-corrected chi connectivity index (χ0v) is 21.0. The average Bonchev–Trinajstić information content (AvgIpc) is 2.96. The van der Waals surface area contributed by atoms with Crippen LogP contribution in [0.2, 0.25) is 0 Å². The predicted octanol–water partition coefficient (Wildman–Crippen LogP) is 4.59. The van der Waals surface area contributed by atoms with Gasteiger partial charge in [0.15, 0.2) is 11.5 Å². The number of carbonyl (C=O) groups is 3. The molecule has 1 aliphatic rings. The van der Waals surface area contributed by atoms with Crippen LogP contribution in [0.1, 0.15) is 5.56 Å². The van der Waals surface area contributed by atoms with Crippen molar-refractivity contribution in [2.24, 2.45) is 0 Å². The highest BCUT2D eigenvalue weighted by Gasteiger charge is 2.36. The summed E-state index contributed by atoms with van der Waals surface area (Å²) in [7, 11) is 3.07. The van der Waals surface area contributed by atoms with Crippen LogP contribution in [0.5, 0.6) is 11.5 Å². The molecule has 0 saturated carbocycles. The topological polar surface area (TPSA) is 84.9 Å². The highest BCUT2D eigenvalue weighted by molar-refractivity contribution is 14.1. The second-order valence-corrected chi connectivity index (χ2v) is 9.46. The SMILES string of the molecule is COc1cc(/C=C2/SC(=O)N(CC(=O)Nc3ccc(I)cc3)C2=O)cc(I)c1OC. The first-order chi connectivity index (χ1) is 14.3. The second-order valence-electron chi connectivity index (χ2n) is 6.06. The van der Waals surface area contributed by atoms with Gasteiger partial charge in [-0.25, -0.2) is 0 Å². The van der Waals surface area contributed by atoms with E-state index in [1.165, 1.54) is 7.11 Å². The minimum atomic E-state index is -0.507. The van der Waals surface area contributed by atoms with Gasteiger partial charge < -0.3 is 14.8 Å². The lowest BCUT2D eigenvalue weighted by Gasteiger charge is -2.12.